The molecule has 3 N–H and O–H groups in total. The van der Waals surface area contributed by atoms with Gasteiger partial charge in [0.1, 0.15) is 5.75 Å². The van der Waals surface area contributed by atoms with Crippen molar-refractivity contribution in [3.05, 3.63) is 71.3 Å². The Bertz CT molecular complexity index is 882. The first-order chi connectivity index (χ1) is 13.3. The van der Waals surface area contributed by atoms with Gasteiger partial charge in [-0.15, -0.1) is 0 Å². The van der Waals surface area contributed by atoms with E-state index < -0.39 is 17.9 Å². The molecule has 6 nitrogen and oxygen atoms in total. The summed E-state index contributed by atoms with van der Waals surface area (Å²) >= 11 is 4.99. The van der Waals surface area contributed by atoms with Crippen molar-refractivity contribution in [2.24, 2.45) is 0 Å². The Kier molecular flexibility index (Phi) is 7.71. The zero-order valence-corrected chi connectivity index (χ0v) is 16.8. The molecule has 0 aliphatic carbocycles. The van der Waals surface area contributed by atoms with Gasteiger partial charge in [-0.25, -0.2) is 0 Å². The number of hydrogen-bond acceptors (Lipinski definition) is 4. The van der Waals surface area contributed by atoms with Crippen LogP contribution in [0.5, 0.6) is 5.75 Å². The predicted octanol–water partition coefficient (Wildman–Crippen LogP) is 2.81. The quantitative estimate of drug-likeness (QED) is 0.411. The third kappa shape index (κ3) is 6.85. The monoisotopic (exact) mass is 397 g/mol. The van der Waals surface area contributed by atoms with Crippen molar-refractivity contribution in [2.45, 2.75) is 26.9 Å². The fourth-order valence-corrected chi connectivity index (χ4v) is 2.34. The number of benzene rings is 2. The minimum Gasteiger partial charge on any atom is -0.481 e. The molecule has 0 heterocycles. The van der Waals surface area contributed by atoms with Gasteiger partial charge in [-0.3, -0.25) is 25.8 Å². The summed E-state index contributed by atoms with van der Waals surface area (Å²) in [7, 11) is 0. The van der Waals surface area contributed by atoms with Gasteiger partial charge in [-0.2, -0.15) is 0 Å². The maximum Gasteiger partial charge on any atom is 0.279 e. The van der Waals surface area contributed by atoms with Crippen molar-refractivity contribution in [1.82, 2.24) is 16.2 Å². The first kappa shape index (κ1) is 21.1. The molecule has 0 fully saturated rings. The van der Waals surface area contributed by atoms with Crippen LogP contribution in [0, 0.1) is 13.8 Å². The highest BCUT2D eigenvalue weighted by molar-refractivity contribution is 7.80. The third-order valence-corrected chi connectivity index (χ3v) is 4.13. The lowest BCUT2D eigenvalue weighted by atomic mass is 10.1. The number of ether oxygens (including phenoxy) is 1. The maximum atomic E-state index is 12.1. The van der Waals surface area contributed by atoms with Crippen LogP contribution >= 0.6 is 12.2 Å². The summed E-state index contributed by atoms with van der Waals surface area (Å²) in [6.45, 7) is 5.60. The number of nitrogens with one attached hydrogen (secondary N) is 3. The lowest BCUT2D eigenvalue weighted by Crippen LogP contribution is -2.51. The Hall–Kier alpha value is -3.19. The zero-order chi connectivity index (χ0) is 20.5. The standard InChI is InChI=1S/C21H23N3O3S/c1-14-9-11-18(13-15(14)2)27-16(3)20(26)23-24-21(28)22-19(25)12-10-17-7-5-4-6-8-17/h4-13,16H,1-3H3,(H,23,26)(H2,22,24,25,28)/b12-10+. The summed E-state index contributed by atoms with van der Waals surface area (Å²) in [5.41, 5.74) is 8.02. The summed E-state index contributed by atoms with van der Waals surface area (Å²) in [6.07, 6.45) is 2.28. The summed E-state index contributed by atoms with van der Waals surface area (Å²) in [5.74, 6) is -0.225. The average molecular weight is 398 g/mol. The van der Waals surface area contributed by atoms with Crippen molar-refractivity contribution < 1.29 is 14.3 Å². The van der Waals surface area contributed by atoms with E-state index in [4.69, 9.17) is 17.0 Å². The van der Waals surface area contributed by atoms with Crippen LogP contribution in [0.4, 0.5) is 0 Å². The Morgan fingerprint density at radius 3 is 2.43 bits per heavy atom. The average Bonchev–Trinajstić information content (AvgIpc) is 2.68. The van der Waals surface area contributed by atoms with Gasteiger partial charge in [0.25, 0.3) is 5.91 Å². The first-order valence-corrected chi connectivity index (χ1v) is 9.14. The molecular formula is C21H23N3O3S. The molecule has 1 atom stereocenters. The molecule has 7 heteroatoms. The van der Waals surface area contributed by atoms with Gasteiger partial charge in [0.05, 0.1) is 0 Å². The highest BCUT2D eigenvalue weighted by Gasteiger charge is 2.15. The largest absolute Gasteiger partial charge is 0.481 e. The second-order valence-corrected chi connectivity index (χ2v) is 6.59. The van der Waals surface area contributed by atoms with Crippen molar-refractivity contribution in [2.75, 3.05) is 0 Å². The number of amides is 2. The van der Waals surface area contributed by atoms with E-state index in [1.807, 2.05) is 62.4 Å². The fourth-order valence-electron chi connectivity index (χ4n) is 2.19. The van der Waals surface area contributed by atoms with Gasteiger partial charge < -0.3 is 4.74 Å². The van der Waals surface area contributed by atoms with E-state index in [0.29, 0.717) is 5.75 Å². The topological polar surface area (TPSA) is 79.5 Å². The SMILES string of the molecule is Cc1ccc(OC(C)C(=O)NNC(=S)NC(=O)/C=C/c2ccccc2)cc1C. The van der Waals surface area contributed by atoms with Crippen molar-refractivity contribution in [3.63, 3.8) is 0 Å². The van der Waals surface area contributed by atoms with Crippen LogP contribution in [0.2, 0.25) is 0 Å². The minimum absolute atomic E-state index is 0.0190. The van der Waals surface area contributed by atoms with E-state index in [9.17, 15) is 9.59 Å². The van der Waals surface area contributed by atoms with Gasteiger partial charge in [-0.1, -0.05) is 36.4 Å². The molecule has 146 valence electrons. The summed E-state index contributed by atoms with van der Waals surface area (Å²) in [6, 6.07) is 15.0. The van der Waals surface area contributed by atoms with Gasteiger partial charge in [-0.05, 0) is 67.9 Å². The summed E-state index contributed by atoms with van der Waals surface area (Å²) in [4.78, 5) is 24.0. The second kappa shape index (κ2) is 10.2. The molecule has 0 saturated carbocycles. The molecule has 2 aromatic rings. The number of carbonyl (C=O) groups excluding carboxylic acids is 2. The molecule has 2 amide bonds. The molecular weight excluding hydrogens is 374 g/mol. The maximum absolute atomic E-state index is 12.1. The van der Waals surface area contributed by atoms with E-state index in [0.717, 1.165) is 16.7 Å². The number of thiocarbonyl (C=S) groups is 1. The molecule has 0 saturated heterocycles. The Morgan fingerprint density at radius 2 is 1.75 bits per heavy atom. The number of hydrogen-bond donors (Lipinski definition) is 3. The Labute approximate surface area is 169 Å². The highest BCUT2D eigenvalue weighted by Crippen LogP contribution is 2.17. The van der Waals surface area contributed by atoms with E-state index in [-0.39, 0.29) is 5.11 Å². The normalized spacial score (nSPS) is 11.5. The molecule has 0 aliphatic rings. The van der Waals surface area contributed by atoms with Crippen LogP contribution in [0.1, 0.15) is 23.6 Å². The lowest BCUT2D eigenvalue weighted by Gasteiger charge is -2.16. The van der Waals surface area contributed by atoms with Crippen LogP contribution in [-0.4, -0.2) is 23.0 Å². The van der Waals surface area contributed by atoms with Crippen LogP contribution in [0.3, 0.4) is 0 Å². The van der Waals surface area contributed by atoms with Crippen LogP contribution in [0.15, 0.2) is 54.6 Å². The van der Waals surface area contributed by atoms with Gasteiger partial charge in [0.15, 0.2) is 11.2 Å². The molecule has 0 radical (unpaired) electrons. The van der Waals surface area contributed by atoms with E-state index in [1.54, 1.807) is 13.0 Å². The number of rotatable bonds is 5. The molecule has 28 heavy (non-hydrogen) atoms. The van der Waals surface area contributed by atoms with Crippen molar-refractivity contribution in [3.8, 4) is 5.75 Å². The number of carbonyl (C=O) groups is 2. The van der Waals surface area contributed by atoms with E-state index in [2.05, 4.69) is 16.2 Å². The predicted molar refractivity (Wildman–Crippen MR) is 114 cm³/mol. The van der Waals surface area contributed by atoms with Gasteiger partial charge >= 0.3 is 0 Å². The zero-order valence-electron chi connectivity index (χ0n) is 16.0. The molecule has 0 bridgehead atoms. The lowest BCUT2D eigenvalue weighted by molar-refractivity contribution is -0.128. The summed E-state index contributed by atoms with van der Waals surface area (Å²) < 4.78 is 5.62. The molecule has 1 unspecified atom stereocenters. The smallest absolute Gasteiger partial charge is 0.279 e. The number of aryl methyl sites for hydroxylation is 2. The van der Waals surface area contributed by atoms with Crippen molar-refractivity contribution >= 4 is 35.2 Å². The molecule has 2 aromatic carbocycles. The Morgan fingerprint density at radius 1 is 1.04 bits per heavy atom. The minimum atomic E-state index is -0.744. The second-order valence-electron chi connectivity index (χ2n) is 6.18. The van der Waals surface area contributed by atoms with Crippen LogP contribution in [-0.2, 0) is 9.59 Å². The van der Waals surface area contributed by atoms with Gasteiger partial charge in [0, 0.05) is 6.08 Å². The Balaban J connectivity index is 1.76. The first-order valence-electron chi connectivity index (χ1n) is 8.73. The third-order valence-electron chi connectivity index (χ3n) is 3.92. The molecule has 2 rings (SSSR count). The van der Waals surface area contributed by atoms with Gasteiger partial charge in [0.2, 0.25) is 5.91 Å². The van der Waals surface area contributed by atoms with Crippen LogP contribution in [0.25, 0.3) is 6.08 Å². The highest BCUT2D eigenvalue weighted by atomic mass is 32.1. The number of hydrazine groups is 1. The van der Waals surface area contributed by atoms with Crippen LogP contribution < -0.4 is 20.9 Å². The fraction of sp³-hybridized carbons (Fsp3) is 0.190. The summed E-state index contributed by atoms with van der Waals surface area (Å²) in [5, 5.41) is 2.43. The molecule has 0 aromatic heterocycles. The van der Waals surface area contributed by atoms with E-state index in [1.165, 1.54) is 6.08 Å². The molecule has 0 spiro atoms. The van der Waals surface area contributed by atoms with E-state index >= 15 is 0 Å². The van der Waals surface area contributed by atoms with Crippen molar-refractivity contribution in [1.29, 1.82) is 0 Å². The molecule has 0 aliphatic heterocycles.